The maximum atomic E-state index is 5.87. The van der Waals surface area contributed by atoms with Gasteiger partial charge in [-0.3, -0.25) is 0 Å². The minimum Gasteiger partial charge on any atom is -0.366 e. The van der Waals surface area contributed by atoms with E-state index in [1.165, 1.54) is 30.7 Å². The van der Waals surface area contributed by atoms with Crippen LogP contribution in [0.5, 0.6) is 0 Å². The smallest absolute Gasteiger partial charge is 0.366 e. The third kappa shape index (κ3) is 10.9. The van der Waals surface area contributed by atoms with Crippen molar-refractivity contribution in [2.24, 2.45) is 0 Å². The Morgan fingerprint density at radius 1 is 0.850 bits per heavy atom. The lowest BCUT2D eigenvalue weighted by Crippen LogP contribution is -2.43. The first-order valence-corrected chi connectivity index (χ1v) is 17.9. The predicted octanol–water partition coefficient (Wildman–Crippen LogP) is 2.80. The van der Waals surface area contributed by atoms with E-state index in [1.807, 2.05) is 31.4 Å². The second kappa shape index (κ2) is 15.1. The second-order valence-electron chi connectivity index (χ2n) is 4.32. The van der Waals surface area contributed by atoms with Crippen LogP contribution in [0.2, 0.25) is 12.1 Å². The van der Waals surface area contributed by atoms with E-state index >= 15 is 0 Å². The fourth-order valence-corrected chi connectivity index (χ4v) is 18.3. The van der Waals surface area contributed by atoms with Crippen molar-refractivity contribution in [1.29, 1.82) is 0 Å². The summed E-state index contributed by atoms with van der Waals surface area (Å²) in [4.78, 5) is 0. The Morgan fingerprint density at radius 2 is 1.40 bits per heavy atom. The lowest BCUT2D eigenvalue weighted by molar-refractivity contribution is 0.0970. The van der Waals surface area contributed by atoms with E-state index in [9.17, 15) is 0 Å². The fourth-order valence-electron chi connectivity index (χ4n) is 1.71. The van der Waals surface area contributed by atoms with Crippen LogP contribution in [0.15, 0.2) is 0 Å². The largest absolute Gasteiger partial charge is 0.566 e. The normalized spacial score (nSPS) is 13.2. The van der Waals surface area contributed by atoms with Crippen LogP contribution in [-0.2, 0) is 13.3 Å². The standard InChI is InChI=1S/C12H32O3S2Si3/c1-5-10-16-18-11-9-12-19-17-20(13-6-2,14-7-3)15-8-4/h5-12,18-19H2,1-4H3. The summed E-state index contributed by atoms with van der Waals surface area (Å²) in [6.45, 7) is 10.4. The van der Waals surface area contributed by atoms with E-state index in [4.69, 9.17) is 13.3 Å². The monoisotopic (exact) mass is 372 g/mol. The molecule has 0 aromatic carbocycles. The molecule has 0 saturated heterocycles. The van der Waals surface area contributed by atoms with Crippen molar-refractivity contribution < 1.29 is 13.3 Å². The SMILES string of the molecule is CCCS[SiH2]CCC[SiH2]S[Si](OCC)(OCC)OCC. The first-order chi connectivity index (χ1) is 9.74. The van der Waals surface area contributed by atoms with Gasteiger partial charge in [0.25, 0.3) is 0 Å². The zero-order chi connectivity index (χ0) is 15.1. The van der Waals surface area contributed by atoms with Gasteiger partial charge >= 0.3 is 7.95 Å². The predicted molar refractivity (Wildman–Crippen MR) is 102 cm³/mol. The average molecular weight is 373 g/mol. The minimum absolute atomic E-state index is 0.157. The van der Waals surface area contributed by atoms with Gasteiger partial charge in [0.15, 0.2) is 0 Å². The third-order valence-corrected chi connectivity index (χ3v) is 18.8. The molecule has 0 spiro atoms. The molecular formula is C12H32O3S2Si3. The maximum Gasteiger partial charge on any atom is 0.566 e. The Kier molecular flexibility index (Phi) is 16.1. The molecule has 3 nitrogen and oxygen atoms in total. The summed E-state index contributed by atoms with van der Waals surface area (Å²) in [5.41, 5.74) is 0. The van der Waals surface area contributed by atoms with Crippen LogP contribution in [0.25, 0.3) is 0 Å². The Labute approximate surface area is 138 Å². The molecular weight excluding hydrogens is 341 g/mol. The van der Waals surface area contributed by atoms with Gasteiger partial charge in [0, 0.05) is 19.8 Å². The van der Waals surface area contributed by atoms with E-state index in [1.54, 1.807) is 0 Å². The van der Waals surface area contributed by atoms with E-state index in [0.29, 0.717) is 19.8 Å². The van der Waals surface area contributed by atoms with Crippen molar-refractivity contribution >= 4 is 47.2 Å². The van der Waals surface area contributed by atoms with Crippen LogP contribution < -0.4 is 0 Å². The zero-order valence-electron chi connectivity index (χ0n) is 13.6. The summed E-state index contributed by atoms with van der Waals surface area (Å²) in [5.74, 6) is 1.37. The molecule has 0 aromatic rings. The second-order valence-corrected chi connectivity index (χ2v) is 18.2. The quantitative estimate of drug-likeness (QED) is 0.325. The first-order valence-electron chi connectivity index (χ1n) is 7.88. The van der Waals surface area contributed by atoms with Crippen LogP contribution in [0.1, 0.15) is 40.5 Å². The third-order valence-electron chi connectivity index (χ3n) is 2.52. The highest BCUT2D eigenvalue weighted by Crippen LogP contribution is 2.25. The van der Waals surface area contributed by atoms with E-state index in [-0.39, 0.29) is 17.3 Å². The molecule has 0 aliphatic rings. The molecule has 0 aliphatic heterocycles. The summed E-state index contributed by atoms with van der Waals surface area (Å²) in [6.07, 6.45) is 2.74. The lowest BCUT2D eigenvalue weighted by Gasteiger charge is -2.27. The minimum atomic E-state index is -2.39. The molecule has 0 N–H and O–H groups in total. The average Bonchev–Trinajstić information content (AvgIpc) is 2.43. The van der Waals surface area contributed by atoms with Crippen LogP contribution in [0.4, 0.5) is 0 Å². The molecule has 122 valence electrons. The van der Waals surface area contributed by atoms with Gasteiger partial charge < -0.3 is 13.3 Å². The van der Waals surface area contributed by atoms with Gasteiger partial charge in [0.2, 0.25) is 0 Å². The van der Waals surface area contributed by atoms with Crippen molar-refractivity contribution in [2.75, 3.05) is 25.6 Å². The molecule has 20 heavy (non-hydrogen) atoms. The van der Waals surface area contributed by atoms with E-state index < -0.39 is 7.95 Å². The molecule has 8 heteroatoms. The molecule has 0 aromatic heterocycles. The van der Waals surface area contributed by atoms with Gasteiger partial charge in [-0.2, -0.15) is 11.2 Å². The Bertz CT molecular complexity index is 197. The summed E-state index contributed by atoms with van der Waals surface area (Å²) < 4.78 is 17.6. The van der Waals surface area contributed by atoms with Crippen LogP contribution in [0.3, 0.4) is 0 Å². The summed E-state index contributed by atoms with van der Waals surface area (Å²) >= 11 is 2.22. The first kappa shape index (κ1) is 21.2. The molecule has 0 heterocycles. The van der Waals surface area contributed by atoms with Gasteiger partial charge in [0.05, 0.1) is 17.3 Å². The van der Waals surface area contributed by atoms with Crippen LogP contribution >= 0.6 is 21.9 Å². The van der Waals surface area contributed by atoms with Crippen molar-refractivity contribution in [1.82, 2.24) is 0 Å². The van der Waals surface area contributed by atoms with Crippen molar-refractivity contribution in [2.45, 2.75) is 52.6 Å². The van der Waals surface area contributed by atoms with Gasteiger partial charge in [0.1, 0.15) is 0 Å². The molecule has 0 fully saturated rings. The maximum absolute atomic E-state index is 5.87. The number of hydrogen-bond acceptors (Lipinski definition) is 5. The Hall–Kier alpha value is 1.23. The van der Waals surface area contributed by atoms with Crippen molar-refractivity contribution in [3.05, 3.63) is 0 Å². The molecule has 0 bridgehead atoms. The molecule has 0 saturated carbocycles. The molecule has 0 radical (unpaired) electrons. The molecule has 0 rings (SSSR count). The van der Waals surface area contributed by atoms with E-state index in [0.717, 1.165) is 0 Å². The van der Waals surface area contributed by atoms with Crippen LogP contribution in [0, 0.1) is 0 Å². The summed E-state index contributed by atoms with van der Waals surface area (Å²) in [5, 5.41) is 0. The van der Waals surface area contributed by atoms with Crippen LogP contribution in [-0.4, -0.2) is 50.9 Å². The summed E-state index contributed by atoms with van der Waals surface area (Å²) in [6, 6.07) is 2.89. The van der Waals surface area contributed by atoms with Gasteiger partial charge in [-0.1, -0.05) is 25.4 Å². The fraction of sp³-hybridized carbons (Fsp3) is 1.00. The molecule has 0 aliphatic carbocycles. The molecule has 0 amide bonds. The number of rotatable bonds is 15. The van der Waals surface area contributed by atoms with Gasteiger partial charge in [-0.25, -0.2) is 0 Å². The van der Waals surface area contributed by atoms with Gasteiger partial charge in [-0.05, 0) is 32.9 Å². The zero-order valence-corrected chi connectivity index (χ0v) is 19.1. The van der Waals surface area contributed by atoms with E-state index in [2.05, 4.69) is 18.1 Å². The van der Waals surface area contributed by atoms with Gasteiger partial charge in [-0.15, -0.1) is 10.7 Å². The highest BCUT2D eigenvalue weighted by atomic mass is 32.5. The highest BCUT2D eigenvalue weighted by Gasteiger charge is 2.41. The molecule has 0 unspecified atom stereocenters. The van der Waals surface area contributed by atoms with Crippen molar-refractivity contribution in [3.8, 4) is 0 Å². The Balaban J connectivity index is 3.82. The Morgan fingerprint density at radius 3 is 1.90 bits per heavy atom. The summed E-state index contributed by atoms with van der Waals surface area (Å²) in [7, 11) is -0.482. The van der Waals surface area contributed by atoms with Crippen molar-refractivity contribution in [3.63, 3.8) is 0 Å². The topological polar surface area (TPSA) is 27.7 Å². The lowest BCUT2D eigenvalue weighted by atomic mass is 10.6. The molecule has 0 atom stereocenters. The highest BCUT2D eigenvalue weighted by molar-refractivity contribution is 8.43. The number of hydrogen-bond donors (Lipinski definition) is 0.